The summed E-state index contributed by atoms with van der Waals surface area (Å²) in [5.74, 6) is 5.80. The molecule has 3 N–H and O–H groups in total. The maximum absolute atomic E-state index is 6.27. The summed E-state index contributed by atoms with van der Waals surface area (Å²) in [6, 6.07) is 5.59. The minimum absolute atomic E-state index is 0.0161. The summed E-state index contributed by atoms with van der Waals surface area (Å²) in [6.07, 6.45) is 5.08. The van der Waals surface area contributed by atoms with E-state index in [9.17, 15) is 0 Å². The van der Waals surface area contributed by atoms with Crippen LogP contribution in [-0.2, 0) is 11.2 Å². The summed E-state index contributed by atoms with van der Waals surface area (Å²) in [6.45, 7) is 2.71. The quantitative estimate of drug-likeness (QED) is 0.621. The SMILES string of the molecule is CCOC1(C(Cc2c(Cl)cccc2Cl)NN)CCCC1. The second kappa shape index (κ2) is 7.10. The van der Waals surface area contributed by atoms with Gasteiger partial charge in [0.15, 0.2) is 0 Å². The predicted octanol–water partition coefficient (Wildman–Crippen LogP) is 3.72. The van der Waals surface area contributed by atoms with Gasteiger partial charge < -0.3 is 4.74 Å². The van der Waals surface area contributed by atoms with Crippen LogP contribution in [0.25, 0.3) is 0 Å². The lowest BCUT2D eigenvalue weighted by atomic mass is 9.87. The molecule has 20 heavy (non-hydrogen) atoms. The van der Waals surface area contributed by atoms with Crippen molar-refractivity contribution in [1.29, 1.82) is 0 Å². The molecule has 0 bridgehead atoms. The number of rotatable bonds is 6. The molecule has 1 aliphatic carbocycles. The minimum Gasteiger partial charge on any atom is -0.374 e. The second-order valence-electron chi connectivity index (χ2n) is 5.33. The first-order chi connectivity index (χ1) is 9.63. The van der Waals surface area contributed by atoms with Crippen LogP contribution in [0.15, 0.2) is 18.2 Å². The smallest absolute Gasteiger partial charge is 0.0851 e. The average molecular weight is 317 g/mol. The van der Waals surface area contributed by atoms with E-state index in [1.807, 2.05) is 25.1 Å². The van der Waals surface area contributed by atoms with Gasteiger partial charge in [-0.3, -0.25) is 11.3 Å². The molecule has 5 heteroatoms. The molecule has 1 aromatic rings. The number of benzene rings is 1. The Bertz CT molecular complexity index is 427. The Morgan fingerprint density at radius 3 is 2.40 bits per heavy atom. The Morgan fingerprint density at radius 1 is 1.30 bits per heavy atom. The zero-order valence-corrected chi connectivity index (χ0v) is 13.3. The van der Waals surface area contributed by atoms with Gasteiger partial charge in [-0.25, -0.2) is 0 Å². The molecule has 1 unspecified atom stereocenters. The maximum Gasteiger partial charge on any atom is 0.0851 e. The van der Waals surface area contributed by atoms with Crippen molar-refractivity contribution >= 4 is 23.2 Å². The van der Waals surface area contributed by atoms with Crippen LogP contribution in [0.3, 0.4) is 0 Å². The van der Waals surface area contributed by atoms with Crippen molar-refractivity contribution in [3.05, 3.63) is 33.8 Å². The van der Waals surface area contributed by atoms with Crippen LogP contribution in [0.1, 0.15) is 38.2 Å². The number of hydrazine groups is 1. The van der Waals surface area contributed by atoms with Crippen LogP contribution in [-0.4, -0.2) is 18.2 Å². The van der Waals surface area contributed by atoms with E-state index >= 15 is 0 Å². The third-order valence-corrected chi connectivity index (χ3v) is 4.90. The van der Waals surface area contributed by atoms with E-state index in [0.717, 1.165) is 18.4 Å². The summed E-state index contributed by atoms with van der Waals surface area (Å²) < 4.78 is 6.07. The second-order valence-corrected chi connectivity index (χ2v) is 6.14. The van der Waals surface area contributed by atoms with Crippen molar-refractivity contribution in [3.63, 3.8) is 0 Å². The van der Waals surface area contributed by atoms with Gasteiger partial charge in [0, 0.05) is 16.7 Å². The third-order valence-electron chi connectivity index (χ3n) is 4.19. The fraction of sp³-hybridized carbons (Fsp3) is 0.600. The average Bonchev–Trinajstić information content (AvgIpc) is 2.88. The molecule has 112 valence electrons. The standard InChI is InChI=1S/C15H22Cl2N2O/c1-2-20-15(8-3-4-9-15)14(19-18)10-11-12(16)6-5-7-13(11)17/h5-7,14,19H,2-4,8-10,18H2,1H3. The van der Waals surface area contributed by atoms with Gasteiger partial charge in [-0.05, 0) is 43.9 Å². The van der Waals surface area contributed by atoms with Gasteiger partial charge in [0.05, 0.1) is 11.6 Å². The number of hydrogen-bond acceptors (Lipinski definition) is 3. The molecule has 0 aliphatic heterocycles. The van der Waals surface area contributed by atoms with Crippen LogP contribution < -0.4 is 11.3 Å². The van der Waals surface area contributed by atoms with Crippen LogP contribution in [0.5, 0.6) is 0 Å². The lowest BCUT2D eigenvalue weighted by Gasteiger charge is -2.37. The van der Waals surface area contributed by atoms with Gasteiger partial charge in [-0.15, -0.1) is 0 Å². The lowest BCUT2D eigenvalue weighted by Crippen LogP contribution is -2.54. The Balaban J connectivity index is 2.23. The minimum atomic E-state index is -0.202. The summed E-state index contributed by atoms with van der Waals surface area (Å²) in [5, 5.41) is 1.37. The van der Waals surface area contributed by atoms with Gasteiger partial charge in [0.25, 0.3) is 0 Å². The largest absolute Gasteiger partial charge is 0.374 e. The number of halogens is 2. The van der Waals surface area contributed by atoms with E-state index in [1.165, 1.54) is 12.8 Å². The first kappa shape index (κ1) is 16.1. The lowest BCUT2D eigenvalue weighted by molar-refractivity contribution is -0.0613. The molecule has 1 atom stereocenters. The molecule has 1 fully saturated rings. The topological polar surface area (TPSA) is 47.3 Å². The fourth-order valence-corrected chi connectivity index (χ4v) is 3.73. The van der Waals surface area contributed by atoms with Gasteiger partial charge in [-0.1, -0.05) is 42.1 Å². The predicted molar refractivity (Wildman–Crippen MR) is 84.1 cm³/mol. The molecular weight excluding hydrogens is 295 g/mol. The van der Waals surface area contributed by atoms with Crippen molar-refractivity contribution in [2.24, 2.45) is 5.84 Å². The molecule has 0 aromatic heterocycles. The molecule has 1 saturated carbocycles. The van der Waals surface area contributed by atoms with Crippen molar-refractivity contribution in [3.8, 4) is 0 Å². The van der Waals surface area contributed by atoms with Crippen LogP contribution in [0.4, 0.5) is 0 Å². The van der Waals surface area contributed by atoms with Gasteiger partial charge in [0.1, 0.15) is 0 Å². The molecule has 1 aromatic carbocycles. The number of nitrogens with one attached hydrogen (secondary N) is 1. The van der Waals surface area contributed by atoms with Crippen molar-refractivity contribution in [1.82, 2.24) is 5.43 Å². The van der Waals surface area contributed by atoms with Gasteiger partial charge >= 0.3 is 0 Å². The molecular formula is C15H22Cl2N2O. The number of ether oxygens (including phenoxy) is 1. The molecule has 1 aliphatic rings. The van der Waals surface area contributed by atoms with E-state index < -0.39 is 0 Å². The highest BCUT2D eigenvalue weighted by Gasteiger charge is 2.42. The molecule has 0 saturated heterocycles. The summed E-state index contributed by atoms with van der Waals surface area (Å²) >= 11 is 12.5. The normalized spacial score (nSPS) is 19.2. The summed E-state index contributed by atoms with van der Waals surface area (Å²) in [5.41, 5.74) is 3.66. The van der Waals surface area contributed by atoms with E-state index in [2.05, 4.69) is 5.43 Å². The number of nitrogens with two attached hydrogens (primary N) is 1. The Hall–Kier alpha value is -0.320. The maximum atomic E-state index is 6.27. The monoisotopic (exact) mass is 316 g/mol. The van der Waals surface area contributed by atoms with Crippen molar-refractivity contribution in [2.45, 2.75) is 50.7 Å². The van der Waals surface area contributed by atoms with Crippen molar-refractivity contribution in [2.75, 3.05) is 6.61 Å². The van der Waals surface area contributed by atoms with E-state index in [-0.39, 0.29) is 11.6 Å². The van der Waals surface area contributed by atoms with Crippen molar-refractivity contribution < 1.29 is 4.74 Å². The summed E-state index contributed by atoms with van der Waals surface area (Å²) in [4.78, 5) is 0. The molecule has 0 radical (unpaired) electrons. The molecule has 0 heterocycles. The Labute approximate surface area is 130 Å². The van der Waals surface area contributed by atoms with Crippen LogP contribution >= 0.6 is 23.2 Å². The highest BCUT2D eigenvalue weighted by atomic mass is 35.5. The molecule has 3 nitrogen and oxygen atoms in total. The summed E-state index contributed by atoms with van der Waals surface area (Å²) in [7, 11) is 0. The van der Waals surface area contributed by atoms with Crippen LogP contribution in [0.2, 0.25) is 10.0 Å². The van der Waals surface area contributed by atoms with E-state index in [1.54, 1.807) is 0 Å². The van der Waals surface area contributed by atoms with Gasteiger partial charge in [-0.2, -0.15) is 0 Å². The fourth-order valence-electron chi connectivity index (χ4n) is 3.18. The Morgan fingerprint density at radius 2 is 1.90 bits per heavy atom. The first-order valence-electron chi connectivity index (χ1n) is 7.16. The highest BCUT2D eigenvalue weighted by Crippen LogP contribution is 2.38. The zero-order chi connectivity index (χ0) is 14.6. The zero-order valence-electron chi connectivity index (χ0n) is 11.8. The molecule has 0 amide bonds. The number of hydrogen-bond donors (Lipinski definition) is 2. The molecule has 0 spiro atoms. The highest BCUT2D eigenvalue weighted by molar-refractivity contribution is 6.36. The van der Waals surface area contributed by atoms with E-state index in [4.69, 9.17) is 33.8 Å². The van der Waals surface area contributed by atoms with E-state index in [0.29, 0.717) is 23.1 Å². The Kier molecular flexibility index (Phi) is 5.70. The molecule has 2 rings (SSSR count). The third kappa shape index (κ3) is 3.29. The first-order valence-corrected chi connectivity index (χ1v) is 7.91. The van der Waals surface area contributed by atoms with Crippen LogP contribution in [0, 0.1) is 0 Å². The van der Waals surface area contributed by atoms with Gasteiger partial charge in [0.2, 0.25) is 0 Å².